The van der Waals surface area contributed by atoms with Crippen LogP contribution >= 0.6 is 11.8 Å². The van der Waals surface area contributed by atoms with Crippen molar-refractivity contribution in [1.29, 1.82) is 0 Å². The van der Waals surface area contributed by atoms with Crippen molar-refractivity contribution < 1.29 is 24.3 Å². The number of carboxylic acids is 1. The number of carbonyl (C=O) groups excluding carboxylic acids is 3. The quantitative estimate of drug-likeness (QED) is 0.119. The lowest BCUT2D eigenvalue weighted by Crippen LogP contribution is -2.54. The third-order valence-corrected chi connectivity index (χ3v) is 7.49. The molecule has 0 spiro atoms. The number of nitrogens with one attached hydrogen (secondary N) is 5. The van der Waals surface area contributed by atoms with Crippen molar-refractivity contribution in [3.63, 3.8) is 0 Å². The first-order chi connectivity index (χ1) is 19.8. The van der Waals surface area contributed by atoms with Crippen LogP contribution in [0.2, 0.25) is 0 Å². The Balaban J connectivity index is 1.31. The van der Waals surface area contributed by atoms with Gasteiger partial charge in [0.15, 0.2) is 0 Å². The fourth-order valence-electron chi connectivity index (χ4n) is 4.67. The van der Waals surface area contributed by atoms with Gasteiger partial charge in [-0.3, -0.25) is 14.4 Å². The van der Waals surface area contributed by atoms with Crippen molar-refractivity contribution in [1.82, 2.24) is 25.9 Å². The van der Waals surface area contributed by atoms with Gasteiger partial charge >= 0.3 is 5.97 Å². The minimum Gasteiger partial charge on any atom is -0.480 e. The van der Waals surface area contributed by atoms with Crippen LogP contribution in [0.3, 0.4) is 0 Å². The zero-order valence-corrected chi connectivity index (χ0v) is 23.4. The largest absolute Gasteiger partial charge is 0.480 e. The summed E-state index contributed by atoms with van der Waals surface area (Å²) in [7, 11) is 0. The Morgan fingerprint density at radius 1 is 0.854 bits per heavy atom. The SMILES string of the molecule is CSCCC(NC(=O)C(N)Cc1c[nH]c2ccccc12)C(=O)NCC(=O)NC(Cc1c[nH]c2ccccc12)C(=O)O. The number of aliphatic carboxylic acids is 1. The average molecular weight is 579 g/mol. The number of rotatable bonds is 14. The number of amides is 3. The zero-order valence-electron chi connectivity index (χ0n) is 22.6. The molecule has 0 aliphatic carbocycles. The van der Waals surface area contributed by atoms with Gasteiger partial charge in [-0.1, -0.05) is 36.4 Å². The van der Waals surface area contributed by atoms with Crippen LogP contribution in [-0.4, -0.2) is 75.4 Å². The second-order valence-corrected chi connectivity index (χ2v) is 10.7. The summed E-state index contributed by atoms with van der Waals surface area (Å²) >= 11 is 1.51. The van der Waals surface area contributed by atoms with Crippen molar-refractivity contribution in [3.8, 4) is 0 Å². The topological polar surface area (TPSA) is 182 Å². The van der Waals surface area contributed by atoms with Gasteiger partial charge in [0.25, 0.3) is 0 Å². The minimum absolute atomic E-state index is 0.0692. The van der Waals surface area contributed by atoms with E-state index < -0.39 is 48.4 Å². The predicted molar refractivity (Wildman–Crippen MR) is 159 cm³/mol. The lowest BCUT2D eigenvalue weighted by Gasteiger charge is -2.21. The van der Waals surface area contributed by atoms with Crippen LogP contribution in [-0.2, 0) is 32.0 Å². The van der Waals surface area contributed by atoms with E-state index in [1.807, 2.05) is 61.0 Å². The molecule has 2 aromatic carbocycles. The first-order valence-electron chi connectivity index (χ1n) is 13.2. The summed E-state index contributed by atoms with van der Waals surface area (Å²) in [5, 5.41) is 19.2. The van der Waals surface area contributed by atoms with Gasteiger partial charge < -0.3 is 36.8 Å². The second kappa shape index (κ2) is 13.9. The summed E-state index contributed by atoms with van der Waals surface area (Å²) in [5.74, 6) is -2.29. The maximum absolute atomic E-state index is 12.9. The lowest BCUT2D eigenvalue weighted by atomic mass is 10.0. The summed E-state index contributed by atoms with van der Waals surface area (Å²) < 4.78 is 0. The smallest absolute Gasteiger partial charge is 0.326 e. The summed E-state index contributed by atoms with van der Waals surface area (Å²) in [5.41, 5.74) is 9.64. The molecule has 3 amide bonds. The molecule has 0 fully saturated rings. The predicted octanol–water partition coefficient (Wildman–Crippen LogP) is 1.69. The Morgan fingerprint density at radius 3 is 2.02 bits per heavy atom. The number of hydrogen-bond donors (Lipinski definition) is 7. The van der Waals surface area contributed by atoms with Crippen LogP contribution in [0.15, 0.2) is 60.9 Å². The van der Waals surface area contributed by atoms with Crippen LogP contribution in [0.5, 0.6) is 0 Å². The van der Waals surface area contributed by atoms with Gasteiger partial charge in [-0.15, -0.1) is 0 Å². The number of hydrogen-bond acceptors (Lipinski definition) is 6. The Morgan fingerprint density at radius 2 is 1.44 bits per heavy atom. The molecular weight excluding hydrogens is 544 g/mol. The number of nitrogens with two attached hydrogens (primary N) is 1. The molecule has 11 nitrogen and oxygen atoms in total. The molecule has 41 heavy (non-hydrogen) atoms. The Bertz CT molecular complexity index is 1530. The van der Waals surface area contributed by atoms with E-state index in [9.17, 15) is 24.3 Å². The molecule has 0 aliphatic heterocycles. The highest BCUT2D eigenvalue weighted by Gasteiger charge is 2.26. The molecule has 0 bridgehead atoms. The number of carbonyl (C=O) groups is 4. The van der Waals surface area contributed by atoms with E-state index in [2.05, 4.69) is 25.9 Å². The van der Waals surface area contributed by atoms with E-state index in [4.69, 9.17) is 5.73 Å². The third-order valence-electron chi connectivity index (χ3n) is 6.85. The van der Waals surface area contributed by atoms with Crippen molar-refractivity contribution in [3.05, 3.63) is 72.1 Å². The standard InChI is InChI=1S/C29H34N6O5S/c1-41-11-10-24(35-27(37)21(30)12-17-14-31-22-8-4-2-6-19(17)22)28(38)33-16-26(36)34-25(29(39)40)13-18-15-32-23-9-5-3-7-20(18)23/h2-9,14-15,21,24-25,31-32H,10-13,16,30H2,1H3,(H,33,38)(H,34,36)(H,35,37)(H,39,40). The summed E-state index contributed by atoms with van der Waals surface area (Å²) in [4.78, 5) is 56.5. The van der Waals surface area contributed by atoms with Crippen molar-refractivity contribution in [2.75, 3.05) is 18.6 Å². The summed E-state index contributed by atoms with van der Waals surface area (Å²) in [6, 6.07) is 12.2. The normalized spacial score (nSPS) is 13.4. The molecular formula is C29H34N6O5S. The van der Waals surface area contributed by atoms with E-state index in [0.29, 0.717) is 12.2 Å². The first-order valence-corrected chi connectivity index (χ1v) is 14.6. The lowest BCUT2D eigenvalue weighted by molar-refractivity contribution is -0.141. The molecule has 12 heteroatoms. The van der Waals surface area contributed by atoms with Crippen molar-refractivity contribution in [2.45, 2.75) is 37.4 Å². The summed E-state index contributed by atoms with van der Waals surface area (Å²) in [6.45, 7) is -0.441. The monoisotopic (exact) mass is 578 g/mol. The zero-order chi connectivity index (χ0) is 29.4. The van der Waals surface area contributed by atoms with Crippen LogP contribution in [0, 0.1) is 0 Å². The molecule has 4 aromatic rings. The third kappa shape index (κ3) is 7.68. The number of fused-ring (bicyclic) bond motifs is 2. The fraction of sp³-hybridized carbons (Fsp3) is 0.310. The van der Waals surface area contributed by atoms with Crippen LogP contribution in [0.4, 0.5) is 0 Å². The van der Waals surface area contributed by atoms with E-state index in [1.165, 1.54) is 11.8 Å². The molecule has 216 valence electrons. The highest BCUT2D eigenvalue weighted by Crippen LogP contribution is 2.20. The number of thioether (sulfide) groups is 1. The molecule has 0 radical (unpaired) electrons. The number of aromatic amines is 2. The summed E-state index contributed by atoms with van der Waals surface area (Å²) in [6.07, 6.45) is 6.10. The first kappa shape index (κ1) is 29.7. The Hall–Kier alpha value is -4.29. The number of aromatic nitrogens is 2. The van der Waals surface area contributed by atoms with Crippen molar-refractivity contribution in [2.24, 2.45) is 5.73 Å². The Labute approximate surface area is 241 Å². The van der Waals surface area contributed by atoms with Gasteiger partial charge in [0.1, 0.15) is 12.1 Å². The number of carboxylic acid groups (broad SMARTS) is 1. The van der Waals surface area contributed by atoms with Gasteiger partial charge in [-0.05, 0) is 48.1 Å². The minimum atomic E-state index is -1.19. The molecule has 3 unspecified atom stereocenters. The second-order valence-electron chi connectivity index (χ2n) is 9.75. The molecule has 2 heterocycles. The van der Waals surface area contributed by atoms with Gasteiger partial charge in [0, 0.05) is 40.6 Å². The van der Waals surface area contributed by atoms with Gasteiger partial charge in [0.05, 0.1) is 12.6 Å². The molecule has 4 rings (SSSR count). The molecule has 0 saturated carbocycles. The molecule has 0 aliphatic rings. The van der Waals surface area contributed by atoms with Crippen LogP contribution < -0.4 is 21.7 Å². The molecule has 0 saturated heterocycles. The number of para-hydroxylation sites is 2. The van der Waals surface area contributed by atoms with Crippen LogP contribution in [0.25, 0.3) is 21.8 Å². The maximum Gasteiger partial charge on any atom is 0.326 e. The van der Waals surface area contributed by atoms with E-state index >= 15 is 0 Å². The molecule has 2 aromatic heterocycles. The van der Waals surface area contributed by atoms with E-state index in [-0.39, 0.29) is 12.8 Å². The van der Waals surface area contributed by atoms with Gasteiger partial charge in [-0.25, -0.2) is 4.79 Å². The molecule has 8 N–H and O–H groups in total. The highest BCUT2D eigenvalue weighted by atomic mass is 32.2. The van der Waals surface area contributed by atoms with E-state index in [0.717, 1.165) is 32.9 Å². The fourth-order valence-corrected chi connectivity index (χ4v) is 5.14. The van der Waals surface area contributed by atoms with Gasteiger partial charge in [0.2, 0.25) is 17.7 Å². The van der Waals surface area contributed by atoms with E-state index in [1.54, 1.807) is 6.20 Å². The Kier molecular flexibility index (Phi) is 10.0. The highest BCUT2D eigenvalue weighted by molar-refractivity contribution is 7.98. The van der Waals surface area contributed by atoms with Gasteiger partial charge in [-0.2, -0.15) is 11.8 Å². The average Bonchev–Trinajstić information content (AvgIpc) is 3.57. The number of benzene rings is 2. The molecule has 3 atom stereocenters. The van der Waals surface area contributed by atoms with Crippen molar-refractivity contribution >= 4 is 57.3 Å². The number of H-pyrrole nitrogens is 2. The van der Waals surface area contributed by atoms with Crippen LogP contribution in [0.1, 0.15) is 17.5 Å². The maximum atomic E-state index is 12.9.